The number of anilines is 1. The maximum atomic E-state index is 13.2. The molecule has 18 heavy (non-hydrogen) atoms. The van der Waals surface area contributed by atoms with Crippen LogP contribution >= 0.6 is 11.6 Å². The zero-order chi connectivity index (χ0) is 13.1. The molecule has 0 atom stereocenters. The lowest BCUT2D eigenvalue weighted by Crippen LogP contribution is -2.00. The van der Waals surface area contributed by atoms with E-state index in [-0.39, 0.29) is 23.1 Å². The molecule has 3 nitrogen and oxygen atoms in total. The molecular weight excluding hydrogens is 257 g/mol. The first-order valence-electron chi connectivity index (χ1n) is 5.26. The van der Waals surface area contributed by atoms with Crippen LogP contribution in [0.5, 0.6) is 11.5 Å². The molecule has 0 aromatic heterocycles. The van der Waals surface area contributed by atoms with Crippen molar-refractivity contribution in [2.24, 2.45) is 0 Å². The monoisotopic (exact) mass is 267 g/mol. The largest absolute Gasteiger partial charge is 0.504 e. The molecule has 0 heterocycles. The van der Waals surface area contributed by atoms with Crippen LogP contribution in [-0.2, 0) is 6.54 Å². The molecule has 5 heteroatoms. The van der Waals surface area contributed by atoms with Crippen LogP contribution in [0.3, 0.4) is 0 Å². The lowest BCUT2D eigenvalue weighted by Gasteiger charge is -2.09. The Kier molecular flexibility index (Phi) is 3.58. The standard InChI is InChI=1S/C13H11ClFNO2/c14-10-5-4-9(6-11(10)15)16-7-8-2-1-3-12(17)13(8)18/h1-6,16-18H,7H2. The second kappa shape index (κ2) is 5.14. The van der Waals surface area contributed by atoms with Crippen molar-refractivity contribution in [1.82, 2.24) is 0 Å². The van der Waals surface area contributed by atoms with Crippen LogP contribution in [0.1, 0.15) is 5.56 Å². The third-order valence-electron chi connectivity index (χ3n) is 2.50. The van der Waals surface area contributed by atoms with Gasteiger partial charge in [0.25, 0.3) is 0 Å². The Morgan fingerprint density at radius 2 is 1.94 bits per heavy atom. The molecule has 0 amide bonds. The van der Waals surface area contributed by atoms with Gasteiger partial charge >= 0.3 is 0 Å². The van der Waals surface area contributed by atoms with Gasteiger partial charge in [-0.2, -0.15) is 0 Å². The summed E-state index contributed by atoms with van der Waals surface area (Å²) >= 11 is 5.57. The summed E-state index contributed by atoms with van der Waals surface area (Å²) in [6, 6.07) is 9.01. The molecule has 0 fully saturated rings. The molecule has 0 aliphatic rings. The first-order chi connectivity index (χ1) is 8.58. The van der Waals surface area contributed by atoms with E-state index in [4.69, 9.17) is 11.6 Å². The van der Waals surface area contributed by atoms with E-state index in [0.717, 1.165) is 0 Å². The lowest BCUT2D eigenvalue weighted by molar-refractivity contribution is 0.400. The number of para-hydroxylation sites is 1. The highest BCUT2D eigenvalue weighted by molar-refractivity contribution is 6.30. The minimum atomic E-state index is -0.512. The van der Waals surface area contributed by atoms with E-state index >= 15 is 0 Å². The second-order valence-corrected chi connectivity index (χ2v) is 4.17. The van der Waals surface area contributed by atoms with E-state index in [0.29, 0.717) is 11.3 Å². The highest BCUT2D eigenvalue weighted by atomic mass is 35.5. The number of phenols is 2. The van der Waals surface area contributed by atoms with Gasteiger partial charge in [-0.15, -0.1) is 0 Å². The summed E-state index contributed by atoms with van der Waals surface area (Å²) in [6.45, 7) is 0.265. The zero-order valence-electron chi connectivity index (χ0n) is 9.32. The minimum Gasteiger partial charge on any atom is -0.504 e. The molecule has 0 saturated carbocycles. The van der Waals surface area contributed by atoms with Gasteiger partial charge in [-0.25, -0.2) is 4.39 Å². The van der Waals surface area contributed by atoms with Gasteiger partial charge in [-0.05, 0) is 24.3 Å². The number of phenolic OH excluding ortho intramolecular Hbond substituents is 2. The fraction of sp³-hybridized carbons (Fsp3) is 0.0769. The summed E-state index contributed by atoms with van der Waals surface area (Å²) in [5, 5.41) is 21.9. The first-order valence-corrected chi connectivity index (χ1v) is 5.64. The van der Waals surface area contributed by atoms with Crippen molar-refractivity contribution >= 4 is 17.3 Å². The third-order valence-corrected chi connectivity index (χ3v) is 2.81. The summed E-state index contributed by atoms with van der Waals surface area (Å²) in [5.41, 5.74) is 1.06. The average molecular weight is 268 g/mol. The summed E-state index contributed by atoms with van der Waals surface area (Å²) in [7, 11) is 0. The number of nitrogens with one attached hydrogen (secondary N) is 1. The summed E-state index contributed by atoms with van der Waals surface area (Å²) < 4.78 is 13.2. The van der Waals surface area contributed by atoms with Crippen molar-refractivity contribution in [3.8, 4) is 11.5 Å². The van der Waals surface area contributed by atoms with Gasteiger partial charge in [0, 0.05) is 17.8 Å². The van der Waals surface area contributed by atoms with E-state index in [1.54, 1.807) is 18.2 Å². The van der Waals surface area contributed by atoms with Crippen LogP contribution in [0.4, 0.5) is 10.1 Å². The van der Waals surface area contributed by atoms with Crippen molar-refractivity contribution in [1.29, 1.82) is 0 Å². The molecule has 0 unspecified atom stereocenters. The predicted molar refractivity (Wildman–Crippen MR) is 68.5 cm³/mol. The summed E-state index contributed by atoms with van der Waals surface area (Å²) in [6.07, 6.45) is 0. The summed E-state index contributed by atoms with van der Waals surface area (Å²) in [5.74, 6) is -0.877. The smallest absolute Gasteiger partial charge is 0.162 e. The fourth-order valence-corrected chi connectivity index (χ4v) is 1.64. The van der Waals surface area contributed by atoms with Crippen molar-refractivity contribution in [3.05, 3.63) is 52.8 Å². The Bertz CT molecular complexity index is 575. The molecular formula is C13H11ClFNO2. The lowest BCUT2D eigenvalue weighted by atomic mass is 10.2. The van der Waals surface area contributed by atoms with Gasteiger partial charge in [0.2, 0.25) is 0 Å². The number of hydrogen-bond acceptors (Lipinski definition) is 3. The van der Waals surface area contributed by atoms with Crippen LogP contribution < -0.4 is 5.32 Å². The van der Waals surface area contributed by atoms with Gasteiger partial charge in [0.15, 0.2) is 11.5 Å². The van der Waals surface area contributed by atoms with Gasteiger partial charge in [-0.3, -0.25) is 0 Å². The van der Waals surface area contributed by atoms with E-state index in [2.05, 4.69) is 5.32 Å². The van der Waals surface area contributed by atoms with Crippen molar-refractivity contribution in [2.45, 2.75) is 6.54 Å². The normalized spacial score (nSPS) is 10.3. The molecule has 0 radical (unpaired) electrons. The quantitative estimate of drug-likeness (QED) is 0.746. The molecule has 2 aromatic rings. The molecule has 2 aromatic carbocycles. The molecule has 0 aliphatic carbocycles. The van der Waals surface area contributed by atoms with Crippen LogP contribution in [0, 0.1) is 5.82 Å². The molecule has 3 N–H and O–H groups in total. The highest BCUT2D eigenvalue weighted by Crippen LogP contribution is 2.29. The molecule has 0 spiro atoms. The topological polar surface area (TPSA) is 52.5 Å². The number of hydrogen-bond donors (Lipinski definition) is 3. The third kappa shape index (κ3) is 2.65. The number of rotatable bonds is 3. The molecule has 2 rings (SSSR count). The molecule has 0 saturated heterocycles. The van der Waals surface area contributed by atoms with E-state index in [9.17, 15) is 14.6 Å². The average Bonchev–Trinajstić information content (AvgIpc) is 2.35. The van der Waals surface area contributed by atoms with Gasteiger partial charge in [0.1, 0.15) is 5.82 Å². The molecule has 0 aliphatic heterocycles. The minimum absolute atomic E-state index is 0.0563. The van der Waals surface area contributed by atoms with Gasteiger partial charge in [0.05, 0.1) is 5.02 Å². The van der Waals surface area contributed by atoms with Crippen molar-refractivity contribution < 1.29 is 14.6 Å². The number of aromatic hydroxyl groups is 2. The van der Waals surface area contributed by atoms with Crippen molar-refractivity contribution in [2.75, 3.05) is 5.32 Å². The zero-order valence-corrected chi connectivity index (χ0v) is 10.1. The molecule has 94 valence electrons. The van der Waals surface area contributed by atoms with E-state index in [1.807, 2.05) is 0 Å². The Balaban J connectivity index is 2.11. The number of halogens is 2. The predicted octanol–water partition coefficient (Wildman–Crippen LogP) is 3.50. The van der Waals surface area contributed by atoms with Crippen molar-refractivity contribution in [3.63, 3.8) is 0 Å². The second-order valence-electron chi connectivity index (χ2n) is 3.77. The Labute approximate surface area is 108 Å². The maximum absolute atomic E-state index is 13.2. The van der Waals surface area contributed by atoms with Crippen LogP contribution in [0.2, 0.25) is 5.02 Å². The van der Waals surface area contributed by atoms with E-state index < -0.39 is 5.82 Å². The maximum Gasteiger partial charge on any atom is 0.162 e. The van der Waals surface area contributed by atoms with Crippen LogP contribution in [-0.4, -0.2) is 10.2 Å². The fourth-order valence-electron chi connectivity index (χ4n) is 1.52. The SMILES string of the molecule is Oc1cccc(CNc2ccc(Cl)c(F)c2)c1O. The van der Waals surface area contributed by atoms with Gasteiger partial charge in [-0.1, -0.05) is 23.7 Å². The van der Waals surface area contributed by atoms with Crippen LogP contribution in [0.25, 0.3) is 0 Å². The van der Waals surface area contributed by atoms with Crippen LogP contribution in [0.15, 0.2) is 36.4 Å². The Hall–Kier alpha value is -1.94. The summed E-state index contributed by atoms with van der Waals surface area (Å²) in [4.78, 5) is 0. The Morgan fingerprint density at radius 1 is 1.17 bits per heavy atom. The van der Waals surface area contributed by atoms with E-state index in [1.165, 1.54) is 18.2 Å². The Morgan fingerprint density at radius 3 is 2.67 bits per heavy atom. The van der Waals surface area contributed by atoms with Gasteiger partial charge < -0.3 is 15.5 Å². The first kappa shape index (κ1) is 12.5. The molecule has 0 bridgehead atoms. The number of benzene rings is 2. The highest BCUT2D eigenvalue weighted by Gasteiger charge is 2.06.